The van der Waals surface area contributed by atoms with Crippen molar-refractivity contribution < 1.29 is 38.9 Å². The topological polar surface area (TPSA) is 163 Å². The minimum Gasteiger partial charge on any atom is -0.282 e. The predicted octanol–water partition coefficient (Wildman–Crippen LogP) is 6.19. The Morgan fingerprint density at radius 3 is 0.612 bits per heavy atom. The fourth-order valence-electron chi connectivity index (χ4n) is 5.31. The maximum Gasteiger partial charge on any atom is 0.294 e. The molecule has 13 heteroatoms. The number of hydrogen-bond acceptors (Lipinski definition) is 6. The van der Waals surface area contributed by atoms with Crippen molar-refractivity contribution in [2.45, 2.75) is 14.7 Å². The summed E-state index contributed by atoms with van der Waals surface area (Å²) in [5.74, 6) is 0. The lowest BCUT2D eigenvalue weighted by atomic mass is 10.1. The van der Waals surface area contributed by atoms with Crippen LogP contribution in [0.5, 0.6) is 0 Å². The van der Waals surface area contributed by atoms with Gasteiger partial charge in [0.15, 0.2) is 0 Å². The lowest BCUT2D eigenvalue weighted by Crippen LogP contribution is -2.20. The van der Waals surface area contributed by atoms with E-state index in [1.807, 2.05) is 72.8 Å². The minimum atomic E-state index is -4.30. The van der Waals surface area contributed by atoms with Crippen LogP contribution in [0.25, 0.3) is 33.4 Å². The molecular weight excluding hydrogens is 704 g/mol. The van der Waals surface area contributed by atoms with E-state index in [9.17, 15) is 38.9 Å². The normalized spacial score (nSPS) is 12.2. The van der Waals surface area contributed by atoms with Gasteiger partial charge in [-0.25, -0.2) is 0 Å². The van der Waals surface area contributed by atoms with Crippen LogP contribution in [-0.2, 0) is 30.4 Å². The Balaban J connectivity index is 1.35. The molecule has 0 aliphatic rings. The highest BCUT2D eigenvalue weighted by Gasteiger charge is 2.18. The maximum atomic E-state index is 11.5. The maximum absolute atomic E-state index is 11.5. The average Bonchev–Trinajstić information content (AvgIpc) is 3.08. The van der Waals surface area contributed by atoms with Crippen molar-refractivity contribution in [3.63, 3.8) is 0 Å². The first-order valence-electron chi connectivity index (χ1n) is 14.5. The van der Waals surface area contributed by atoms with E-state index in [-0.39, 0.29) is 14.7 Å². The van der Waals surface area contributed by atoms with Crippen LogP contribution in [0.2, 0.25) is 0 Å². The lowest BCUT2D eigenvalue weighted by molar-refractivity contribution is 0.481. The van der Waals surface area contributed by atoms with Crippen LogP contribution in [0.3, 0.4) is 0 Å². The zero-order chi connectivity index (χ0) is 35.0. The third kappa shape index (κ3) is 7.87. The average molecular weight is 731 g/mol. The van der Waals surface area contributed by atoms with Crippen molar-refractivity contribution in [1.29, 1.82) is 0 Å². The van der Waals surface area contributed by atoms with E-state index in [0.29, 0.717) is 0 Å². The van der Waals surface area contributed by atoms with E-state index < -0.39 is 38.3 Å². The highest BCUT2D eigenvalue weighted by molar-refractivity contribution is 7.86. The Morgan fingerprint density at radius 1 is 0.286 bits per heavy atom. The minimum absolute atomic E-state index is 0.188. The van der Waals surface area contributed by atoms with E-state index in [1.54, 1.807) is 36.4 Å². The van der Waals surface area contributed by atoms with Crippen LogP contribution >= 0.6 is 7.92 Å². The van der Waals surface area contributed by atoms with Gasteiger partial charge in [0.05, 0.1) is 14.7 Å². The van der Waals surface area contributed by atoms with Crippen LogP contribution in [-0.4, -0.2) is 38.9 Å². The van der Waals surface area contributed by atoms with Gasteiger partial charge in [0.1, 0.15) is 0 Å². The zero-order valence-electron chi connectivity index (χ0n) is 25.3. The summed E-state index contributed by atoms with van der Waals surface area (Å²) < 4.78 is 96.8. The summed E-state index contributed by atoms with van der Waals surface area (Å²) in [6.07, 6.45) is 0. The zero-order valence-corrected chi connectivity index (χ0v) is 28.7. The first-order valence-corrected chi connectivity index (χ1v) is 20.2. The molecule has 0 saturated carbocycles. The van der Waals surface area contributed by atoms with Crippen molar-refractivity contribution in [3.05, 3.63) is 146 Å². The van der Waals surface area contributed by atoms with E-state index >= 15 is 0 Å². The first kappa shape index (κ1) is 34.3. The molecule has 248 valence electrons. The molecule has 0 atom stereocenters. The van der Waals surface area contributed by atoms with Crippen molar-refractivity contribution in [2.24, 2.45) is 0 Å². The van der Waals surface area contributed by atoms with Crippen molar-refractivity contribution >= 4 is 54.2 Å². The molecule has 6 aromatic rings. The van der Waals surface area contributed by atoms with Crippen LogP contribution < -0.4 is 15.9 Å². The van der Waals surface area contributed by atoms with E-state index in [1.165, 1.54) is 36.4 Å². The molecule has 49 heavy (non-hydrogen) atoms. The second-order valence-electron chi connectivity index (χ2n) is 11.0. The van der Waals surface area contributed by atoms with Gasteiger partial charge < -0.3 is 0 Å². The molecule has 3 N–H and O–H groups in total. The molecule has 0 fully saturated rings. The Hall–Kier alpha value is -4.52. The molecule has 0 aliphatic heterocycles. The molecule has 0 aliphatic carbocycles. The van der Waals surface area contributed by atoms with Gasteiger partial charge in [-0.2, -0.15) is 25.3 Å². The second kappa shape index (κ2) is 13.4. The van der Waals surface area contributed by atoms with Gasteiger partial charge in [0.25, 0.3) is 30.4 Å². The number of rotatable bonds is 9. The van der Waals surface area contributed by atoms with E-state index in [0.717, 1.165) is 49.3 Å². The molecule has 0 unspecified atom stereocenters. The molecule has 0 saturated heterocycles. The van der Waals surface area contributed by atoms with Gasteiger partial charge in [-0.05, 0) is 93.6 Å². The van der Waals surface area contributed by atoms with Crippen LogP contribution in [0.4, 0.5) is 0 Å². The summed E-state index contributed by atoms with van der Waals surface area (Å²) in [5.41, 5.74) is 4.89. The van der Waals surface area contributed by atoms with Gasteiger partial charge in [0.2, 0.25) is 0 Å². The molecule has 0 radical (unpaired) electrons. The van der Waals surface area contributed by atoms with Crippen LogP contribution in [0, 0.1) is 0 Å². The largest absolute Gasteiger partial charge is 0.294 e. The predicted molar refractivity (Wildman–Crippen MR) is 191 cm³/mol. The third-order valence-corrected chi connectivity index (χ3v) is 12.9. The molecule has 0 heterocycles. The Labute approximate surface area is 285 Å². The molecule has 0 spiro atoms. The van der Waals surface area contributed by atoms with E-state index in [4.69, 9.17) is 0 Å². The second-order valence-corrected chi connectivity index (χ2v) is 17.5. The number of benzene rings is 6. The summed E-state index contributed by atoms with van der Waals surface area (Å²) >= 11 is 0. The molecule has 0 aromatic heterocycles. The molecule has 6 rings (SSSR count). The molecule has 0 amide bonds. The lowest BCUT2D eigenvalue weighted by Gasteiger charge is -2.21. The standard InChI is InChI=1S/C36H27O9PS3/c37-47(38,39)34-19-7-28(8-20-34)25-1-13-31(14-2-25)46(32-15-3-26(4-16-32)29-9-21-35(22-10-29)48(40,41)42)33-17-5-27(6-18-33)30-11-23-36(24-12-30)49(43,44)45/h1-24H,(H,37,38,39)(H,40,41,42)(H,43,44,45). The van der Waals surface area contributed by atoms with E-state index in [2.05, 4.69) is 0 Å². The quantitative estimate of drug-likeness (QED) is 0.116. The van der Waals surface area contributed by atoms with Crippen LogP contribution in [0.15, 0.2) is 160 Å². The molecule has 0 bridgehead atoms. The van der Waals surface area contributed by atoms with Gasteiger partial charge in [-0.1, -0.05) is 109 Å². The van der Waals surface area contributed by atoms with Gasteiger partial charge >= 0.3 is 0 Å². The van der Waals surface area contributed by atoms with Crippen molar-refractivity contribution in [2.75, 3.05) is 0 Å². The van der Waals surface area contributed by atoms with Crippen molar-refractivity contribution in [1.82, 2.24) is 0 Å². The fraction of sp³-hybridized carbons (Fsp3) is 0. The van der Waals surface area contributed by atoms with Crippen molar-refractivity contribution in [3.8, 4) is 33.4 Å². The highest BCUT2D eigenvalue weighted by atomic mass is 32.2. The molecule has 9 nitrogen and oxygen atoms in total. The summed E-state index contributed by atoms with van der Waals surface area (Å²) in [7, 11) is -14.0. The van der Waals surface area contributed by atoms with Gasteiger partial charge in [0, 0.05) is 0 Å². The SMILES string of the molecule is O=S(=O)(O)c1ccc(-c2ccc(P(c3ccc(-c4ccc(S(=O)(=O)O)cc4)cc3)c3ccc(-c4ccc(S(=O)(=O)O)cc4)cc3)cc2)cc1. The highest BCUT2D eigenvalue weighted by Crippen LogP contribution is 2.36. The summed E-state index contributed by atoms with van der Waals surface area (Å²) in [4.78, 5) is -0.564. The Morgan fingerprint density at radius 2 is 0.449 bits per heavy atom. The summed E-state index contributed by atoms with van der Waals surface area (Å²) in [6.45, 7) is 0. The van der Waals surface area contributed by atoms with Gasteiger partial charge in [-0.15, -0.1) is 0 Å². The Bertz CT molecular complexity index is 2160. The monoisotopic (exact) mass is 730 g/mol. The molecule has 6 aromatic carbocycles. The Kier molecular flexibility index (Phi) is 9.40. The number of hydrogen-bond donors (Lipinski definition) is 3. The summed E-state index contributed by atoms with van der Waals surface area (Å²) in [5, 5.41) is 3.09. The first-order chi connectivity index (χ1) is 23.2. The van der Waals surface area contributed by atoms with Crippen LogP contribution in [0.1, 0.15) is 0 Å². The fourth-order valence-corrected chi connectivity index (χ4v) is 8.99. The smallest absolute Gasteiger partial charge is 0.282 e. The third-order valence-electron chi connectivity index (χ3n) is 7.83. The molecular formula is C36H27O9PS3. The van der Waals surface area contributed by atoms with Gasteiger partial charge in [-0.3, -0.25) is 13.7 Å². The summed E-state index contributed by atoms with van der Waals surface area (Å²) in [6, 6.07) is 41.6.